The van der Waals surface area contributed by atoms with Crippen LogP contribution < -0.4 is 10.1 Å². The first-order valence-electron chi connectivity index (χ1n) is 4.34. The Balaban J connectivity index is 2.46. The van der Waals surface area contributed by atoms with Crippen LogP contribution in [0.3, 0.4) is 0 Å². The van der Waals surface area contributed by atoms with Crippen molar-refractivity contribution in [1.82, 2.24) is 10.3 Å². The molecular weight excluding hydrogens is 200 g/mol. The molecule has 0 spiro atoms. The number of ether oxygens (including phenoxy) is 1. The van der Waals surface area contributed by atoms with E-state index < -0.39 is 0 Å². The van der Waals surface area contributed by atoms with E-state index in [1.807, 2.05) is 19.2 Å². The van der Waals surface area contributed by atoms with E-state index in [0.717, 1.165) is 18.0 Å². The van der Waals surface area contributed by atoms with Crippen molar-refractivity contribution in [3.05, 3.63) is 35.6 Å². The Morgan fingerprint density at radius 1 is 1.57 bits per heavy atom. The topological polar surface area (TPSA) is 34.1 Å². The molecule has 1 rings (SSSR count). The molecule has 14 heavy (non-hydrogen) atoms. The Hall–Kier alpha value is -1.06. The number of aromatic nitrogens is 1. The lowest BCUT2D eigenvalue weighted by Gasteiger charge is -2.03. The summed E-state index contributed by atoms with van der Waals surface area (Å²) in [6, 6.07) is 3.82. The molecule has 0 aromatic carbocycles. The van der Waals surface area contributed by atoms with Gasteiger partial charge < -0.3 is 10.1 Å². The van der Waals surface area contributed by atoms with Crippen LogP contribution in [0, 0.1) is 0 Å². The summed E-state index contributed by atoms with van der Waals surface area (Å²) in [6.07, 6.45) is 3.43. The molecule has 0 aliphatic heterocycles. The predicted octanol–water partition coefficient (Wildman–Crippen LogP) is 1.93. The molecule has 1 aromatic rings. The zero-order valence-electron chi connectivity index (χ0n) is 8.03. The number of halogens is 1. The van der Waals surface area contributed by atoms with E-state index in [9.17, 15) is 0 Å². The molecule has 4 heteroatoms. The van der Waals surface area contributed by atoms with Crippen LogP contribution in [0.1, 0.15) is 5.69 Å². The highest BCUT2D eigenvalue weighted by Gasteiger charge is 1.94. The fraction of sp³-hybridized carbons (Fsp3) is 0.300. The van der Waals surface area contributed by atoms with Gasteiger partial charge in [0.1, 0.15) is 12.4 Å². The molecule has 1 aromatic heterocycles. The monoisotopic (exact) mass is 212 g/mol. The maximum absolute atomic E-state index is 5.35. The van der Waals surface area contributed by atoms with Gasteiger partial charge in [0.15, 0.2) is 0 Å². The molecule has 0 saturated heterocycles. The fourth-order valence-corrected chi connectivity index (χ4v) is 1.04. The smallest absolute Gasteiger partial charge is 0.138 e. The maximum Gasteiger partial charge on any atom is 0.138 e. The lowest BCUT2D eigenvalue weighted by Crippen LogP contribution is -2.06. The van der Waals surface area contributed by atoms with Crippen molar-refractivity contribution in [1.29, 1.82) is 0 Å². The molecule has 0 unspecified atom stereocenters. The van der Waals surface area contributed by atoms with Crippen LogP contribution >= 0.6 is 11.6 Å². The molecule has 0 aliphatic rings. The molecule has 3 nitrogen and oxygen atoms in total. The minimum absolute atomic E-state index is 0.469. The number of nitrogens with one attached hydrogen (secondary N) is 1. The third-order valence-electron chi connectivity index (χ3n) is 1.59. The fourth-order valence-electron chi connectivity index (χ4n) is 0.963. The van der Waals surface area contributed by atoms with E-state index in [-0.39, 0.29) is 0 Å². The highest BCUT2D eigenvalue weighted by molar-refractivity contribution is 6.25. The second kappa shape index (κ2) is 6.40. The molecule has 0 amide bonds. The molecule has 1 heterocycles. The van der Waals surface area contributed by atoms with Crippen molar-refractivity contribution in [2.75, 3.05) is 13.7 Å². The molecule has 0 atom stereocenters. The van der Waals surface area contributed by atoms with Crippen LogP contribution in [-0.2, 0) is 6.54 Å². The van der Waals surface area contributed by atoms with Crippen molar-refractivity contribution in [2.45, 2.75) is 6.54 Å². The standard InChI is InChI=1S/C10H13ClN2O/c1-12-7-9-3-4-10(8-13-9)14-6-2-5-11/h2-5,8,12H,6-7H2,1H3. The van der Waals surface area contributed by atoms with Gasteiger partial charge in [-0.25, -0.2) is 0 Å². The van der Waals surface area contributed by atoms with Gasteiger partial charge in [-0.2, -0.15) is 0 Å². The highest BCUT2D eigenvalue weighted by Crippen LogP contribution is 2.08. The molecule has 0 aliphatic carbocycles. The van der Waals surface area contributed by atoms with Crippen molar-refractivity contribution < 1.29 is 4.74 Å². The Morgan fingerprint density at radius 2 is 2.43 bits per heavy atom. The van der Waals surface area contributed by atoms with Crippen LogP contribution in [0.5, 0.6) is 5.75 Å². The van der Waals surface area contributed by atoms with Crippen LogP contribution in [0.25, 0.3) is 0 Å². The van der Waals surface area contributed by atoms with E-state index in [0.29, 0.717) is 6.61 Å². The molecule has 0 radical (unpaired) electrons. The van der Waals surface area contributed by atoms with E-state index in [4.69, 9.17) is 16.3 Å². The van der Waals surface area contributed by atoms with Gasteiger partial charge in [0.25, 0.3) is 0 Å². The van der Waals surface area contributed by atoms with E-state index in [1.165, 1.54) is 5.54 Å². The SMILES string of the molecule is CNCc1ccc(OCC=CCl)cn1. The largest absolute Gasteiger partial charge is 0.488 e. The molecular formula is C10H13ClN2O. The summed E-state index contributed by atoms with van der Waals surface area (Å²) in [6.45, 7) is 1.23. The van der Waals surface area contributed by atoms with Crippen LogP contribution in [0.15, 0.2) is 29.9 Å². The van der Waals surface area contributed by atoms with Gasteiger partial charge >= 0.3 is 0 Å². The summed E-state index contributed by atoms with van der Waals surface area (Å²) >= 11 is 5.35. The van der Waals surface area contributed by atoms with Gasteiger partial charge in [-0.1, -0.05) is 11.6 Å². The molecule has 76 valence electrons. The summed E-state index contributed by atoms with van der Waals surface area (Å²) in [4.78, 5) is 4.20. The average molecular weight is 213 g/mol. The van der Waals surface area contributed by atoms with E-state index in [2.05, 4.69) is 10.3 Å². The number of nitrogens with zero attached hydrogens (tertiary/aromatic N) is 1. The van der Waals surface area contributed by atoms with Crippen molar-refractivity contribution in [3.8, 4) is 5.75 Å². The normalized spacial score (nSPS) is 10.7. The molecule has 0 fully saturated rings. The minimum atomic E-state index is 0.469. The van der Waals surface area contributed by atoms with Crippen molar-refractivity contribution in [2.24, 2.45) is 0 Å². The predicted molar refractivity (Wildman–Crippen MR) is 57.5 cm³/mol. The summed E-state index contributed by atoms with van der Waals surface area (Å²) in [5.74, 6) is 0.750. The van der Waals surface area contributed by atoms with E-state index >= 15 is 0 Å². The number of hydrogen-bond donors (Lipinski definition) is 1. The van der Waals surface area contributed by atoms with Gasteiger partial charge in [-0.05, 0) is 25.3 Å². The van der Waals surface area contributed by atoms with Crippen molar-refractivity contribution in [3.63, 3.8) is 0 Å². The van der Waals surface area contributed by atoms with Crippen LogP contribution in [-0.4, -0.2) is 18.6 Å². The Morgan fingerprint density at radius 3 is 3.00 bits per heavy atom. The van der Waals surface area contributed by atoms with E-state index in [1.54, 1.807) is 12.3 Å². The third kappa shape index (κ3) is 3.77. The maximum atomic E-state index is 5.35. The third-order valence-corrected chi connectivity index (χ3v) is 1.77. The Kier molecular flexibility index (Phi) is 5.04. The zero-order valence-corrected chi connectivity index (χ0v) is 8.79. The van der Waals surface area contributed by atoms with Crippen LogP contribution in [0.2, 0.25) is 0 Å². The first-order chi connectivity index (χ1) is 6.86. The van der Waals surface area contributed by atoms with Gasteiger partial charge in [0.2, 0.25) is 0 Å². The summed E-state index contributed by atoms with van der Waals surface area (Å²) < 4.78 is 5.33. The molecule has 0 bridgehead atoms. The number of hydrogen-bond acceptors (Lipinski definition) is 3. The quantitative estimate of drug-likeness (QED) is 0.810. The lowest BCUT2D eigenvalue weighted by atomic mass is 10.3. The van der Waals surface area contributed by atoms with Gasteiger partial charge in [0, 0.05) is 12.1 Å². The second-order valence-electron chi connectivity index (χ2n) is 2.69. The first-order valence-corrected chi connectivity index (χ1v) is 4.78. The Bertz CT molecular complexity index is 285. The second-order valence-corrected chi connectivity index (χ2v) is 2.94. The van der Waals surface area contributed by atoms with Gasteiger partial charge in [-0.3, -0.25) is 4.98 Å². The summed E-state index contributed by atoms with van der Waals surface area (Å²) in [5.41, 5.74) is 2.43. The highest BCUT2D eigenvalue weighted by atomic mass is 35.5. The molecule has 1 N–H and O–H groups in total. The minimum Gasteiger partial charge on any atom is -0.488 e. The first kappa shape index (κ1) is 11.0. The van der Waals surface area contributed by atoms with Gasteiger partial charge in [-0.15, -0.1) is 0 Å². The van der Waals surface area contributed by atoms with Gasteiger partial charge in [0.05, 0.1) is 11.9 Å². The zero-order chi connectivity index (χ0) is 10.2. The number of pyridine rings is 1. The van der Waals surface area contributed by atoms with Crippen LogP contribution in [0.4, 0.5) is 0 Å². The molecule has 0 saturated carbocycles. The average Bonchev–Trinajstić information content (AvgIpc) is 2.21. The Labute approximate surface area is 88.8 Å². The summed E-state index contributed by atoms with van der Waals surface area (Å²) in [7, 11) is 1.89. The number of rotatable bonds is 5. The summed E-state index contributed by atoms with van der Waals surface area (Å²) in [5, 5.41) is 3.02. The van der Waals surface area contributed by atoms with Crippen molar-refractivity contribution >= 4 is 11.6 Å². The lowest BCUT2D eigenvalue weighted by molar-refractivity contribution is 0.361.